The topological polar surface area (TPSA) is 161 Å². The first kappa shape index (κ1) is 33.2. The summed E-state index contributed by atoms with van der Waals surface area (Å²) in [7, 11) is 0. The summed E-state index contributed by atoms with van der Waals surface area (Å²) < 4.78 is 0. The fourth-order valence-corrected chi connectivity index (χ4v) is 7.23. The molecule has 44 heavy (non-hydrogen) atoms. The molecule has 4 rings (SSSR count). The molecule has 1 aromatic heterocycles. The van der Waals surface area contributed by atoms with Crippen LogP contribution in [0.15, 0.2) is 38.5 Å². The van der Waals surface area contributed by atoms with E-state index < -0.39 is 11.9 Å². The normalized spacial score (nSPS) is 25.6. The number of aliphatic carboxylic acids is 2. The van der Waals surface area contributed by atoms with Crippen molar-refractivity contribution in [3.05, 3.63) is 61.0 Å². The minimum absolute atomic E-state index is 0.0316. The molecule has 1 aromatic rings. The van der Waals surface area contributed by atoms with Crippen LogP contribution < -0.4 is 16.0 Å². The van der Waals surface area contributed by atoms with Crippen LogP contribution in [-0.4, -0.2) is 57.1 Å². The van der Waals surface area contributed by atoms with Gasteiger partial charge in [0.05, 0.1) is 18.0 Å². The number of carbonyl (C=O) groups is 4. The van der Waals surface area contributed by atoms with Gasteiger partial charge in [0.2, 0.25) is 11.8 Å². The molecule has 0 bridgehead atoms. The molecule has 1 saturated heterocycles. The lowest BCUT2D eigenvalue weighted by atomic mass is 9.94. The number of hydrogen-bond donors (Lipinski definition) is 7. The SMILES string of the molecule is CCC1=C(C)[C@@H](CC2N/C(=C\c3[nH]c(C[C@@H]4NC(=O)C(C)/C4=C(/C)S)c(C)c3CCC(=O)O)C(CCC(=O)O)=C2C)NC1=O. The highest BCUT2D eigenvalue weighted by atomic mass is 32.1. The Balaban J connectivity index is 1.71. The number of allylic oxidation sites excluding steroid dienone is 2. The molecule has 0 spiro atoms. The van der Waals surface area contributed by atoms with E-state index in [1.165, 1.54) is 0 Å². The van der Waals surface area contributed by atoms with E-state index in [-0.39, 0.29) is 48.7 Å². The van der Waals surface area contributed by atoms with Crippen LogP contribution in [0.2, 0.25) is 0 Å². The Hall–Kier alpha value is -3.73. The average Bonchev–Trinajstić information content (AvgIpc) is 3.59. The second kappa shape index (κ2) is 13.5. The summed E-state index contributed by atoms with van der Waals surface area (Å²) in [6, 6.07) is -0.453. The van der Waals surface area contributed by atoms with Crippen LogP contribution in [-0.2, 0) is 32.0 Å². The Bertz CT molecular complexity index is 1510. The van der Waals surface area contributed by atoms with Crippen molar-refractivity contribution in [2.75, 3.05) is 0 Å². The molecule has 6 N–H and O–H groups in total. The third-order valence-electron chi connectivity index (χ3n) is 9.42. The number of carboxylic acids is 2. The average molecular weight is 625 g/mol. The van der Waals surface area contributed by atoms with E-state index >= 15 is 0 Å². The van der Waals surface area contributed by atoms with Crippen LogP contribution in [0.25, 0.3) is 6.08 Å². The first-order valence-corrected chi connectivity index (χ1v) is 15.7. The minimum Gasteiger partial charge on any atom is -0.481 e. The van der Waals surface area contributed by atoms with Gasteiger partial charge in [0, 0.05) is 48.0 Å². The van der Waals surface area contributed by atoms with Gasteiger partial charge in [-0.1, -0.05) is 6.92 Å². The number of rotatable bonds is 12. The molecule has 0 aliphatic carbocycles. The van der Waals surface area contributed by atoms with Crippen LogP contribution in [0.5, 0.6) is 0 Å². The summed E-state index contributed by atoms with van der Waals surface area (Å²) in [5.74, 6) is -2.15. The highest BCUT2D eigenvalue weighted by molar-refractivity contribution is 7.84. The molecule has 0 radical (unpaired) electrons. The lowest BCUT2D eigenvalue weighted by Crippen LogP contribution is -2.36. The van der Waals surface area contributed by atoms with Crippen LogP contribution in [0, 0.1) is 12.8 Å². The van der Waals surface area contributed by atoms with Gasteiger partial charge in [-0.2, -0.15) is 0 Å². The Kier molecular flexibility index (Phi) is 10.2. The number of carboxylic acid groups (broad SMARTS) is 2. The molecule has 4 atom stereocenters. The van der Waals surface area contributed by atoms with Gasteiger partial charge in [-0.05, 0) is 105 Å². The molecule has 238 valence electrons. The molecule has 11 heteroatoms. The number of H-pyrrole nitrogens is 1. The summed E-state index contributed by atoms with van der Waals surface area (Å²) in [6.07, 6.45) is 4.32. The van der Waals surface area contributed by atoms with Gasteiger partial charge in [-0.3, -0.25) is 19.2 Å². The third-order valence-corrected chi connectivity index (χ3v) is 9.67. The highest BCUT2D eigenvalue weighted by Gasteiger charge is 2.36. The van der Waals surface area contributed by atoms with E-state index in [9.17, 15) is 29.4 Å². The summed E-state index contributed by atoms with van der Waals surface area (Å²) in [6.45, 7) is 11.7. The van der Waals surface area contributed by atoms with Crippen LogP contribution in [0.4, 0.5) is 0 Å². The minimum atomic E-state index is -0.899. The molecular formula is C33H44N4O6S. The van der Waals surface area contributed by atoms with Gasteiger partial charge in [0.15, 0.2) is 0 Å². The first-order chi connectivity index (χ1) is 20.7. The fourth-order valence-electron chi connectivity index (χ4n) is 6.88. The van der Waals surface area contributed by atoms with Crippen molar-refractivity contribution in [1.29, 1.82) is 0 Å². The number of nitrogens with one attached hydrogen (secondary N) is 4. The maximum absolute atomic E-state index is 12.5. The number of aromatic amines is 1. The van der Waals surface area contributed by atoms with Crippen molar-refractivity contribution >= 4 is 42.5 Å². The zero-order valence-electron chi connectivity index (χ0n) is 26.3. The molecule has 1 fully saturated rings. The predicted molar refractivity (Wildman–Crippen MR) is 172 cm³/mol. The molecule has 2 amide bonds. The largest absolute Gasteiger partial charge is 0.481 e. The van der Waals surface area contributed by atoms with Crippen molar-refractivity contribution in [3.63, 3.8) is 0 Å². The number of thiol groups is 1. The van der Waals surface area contributed by atoms with Crippen LogP contribution in [0.3, 0.4) is 0 Å². The first-order valence-electron chi connectivity index (χ1n) is 15.3. The van der Waals surface area contributed by atoms with Crippen LogP contribution in [0.1, 0.15) is 89.2 Å². The van der Waals surface area contributed by atoms with Gasteiger partial charge < -0.3 is 31.1 Å². The number of amides is 2. The second-order valence-electron chi connectivity index (χ2n) is 12.1. The van der Waals surface area contributed by atoms with E-state index in [4.69, 9.17) is 0 Å². The van der Waals surface area contributed by atoms with Crippen molar-refractivity contribution in [2.45, 2.75) is 105 Å². The zero-order chi connectivity index (χ0) is 32.5. The molecule has 3 aliphatic rings. The third kappa shape index (κ3) is 6.82. The Morgan fingerprint density at radius 3 is 2.11 bits per heavy atom. The Morgan fingerprint density at radius 2 is 1.52 bits per heavy atom. The molecule has 10 nitrogen and oxygen atoms in total. The number of carbonyl (C=O) groups excluding carboxylic acids is 2. The smallest absolute Gasteiger partial charge is 0.303 e. The van der Waals surface area contributed by atoms with Crippen molar-refractivity contribution < 1.29 is 29.4 Å². The van der Waals surface area contributed by atoms with Gasteiger partial charge >= 0.3 is 11.9 Å². The molecule has 2 unspecified atom stereocenters. The van der Waals surface area contributed by atoms with Gasteiger partial charge in [0.25, 0.3) is 0 Å². The lowest BCUT2D eigenvalue weighted by Gasteiger charge is -2.20. The molecule has 4 heterocycles. The number of aromatic nitrogens is 1. The Morgan fingerprint density at radius 1 is 0.909 bits per heavy atom. The van der Waals surface area contributed by atoms with E-state index in [1.54, 1.807) is 0 Å². The van der Waals surface area contributed by atoms with Crippen molar-refractivity contribution in [3.8, 4) is 0 Å². The highest BCUT2D eigenvalue weighted by Crippen LogP contribution is 2.36. The molecule has 0 aromatic carbocycles. The van der Waals surface area contributed by atoms with Gasteiger partial charge in [0.1, 0.15) is 0 Å². The van der Waals surface area contributed by atoms with E-state index in [0.29, 0.717) is 32.1 Å². The standard InChI is InChI=1S/C33H44N4O6S/c1-7-20-15(2)25(36-33(20)43)12-23-16(3)21(8-10-29(38)39)26(34-23)14-27-22(9-11-30(40)41)17(4)24(35-27)13-28-31(19(6)44)18(5)32(42)37-28/h14,18,23,25,28,34-35,44H,7-13H2,1-6H3,(H,36,43)(H,37,42)(H,38,39)(H,40,41)/b26-14-,31-19+/t18?,23?,25-,28+/m1/s1. The van der Waals surface area contributed by atoms with E-state index in [1.807, 2.05) is 47.6 Å². The second-order valence-corrected chi connectivity index (χ2v) is 12.8. The zero-order valence-corrected chi connectivity index (χ0v) is 27.2. The molecule has 0 saturated carbocycles. The maximum Gasteiger partial charge on any atom is 0.303 e. The molecular weight excluding hydrogens is 580 g/mol. The van der Waals surface area contributed by atoms with Crippen LogP contribution >= 0.6 is 12.6 Å². The van der Waals surface area contributed by atoms with Gasteiger partial charge in [-0.15, -0.1) is 12.6 Å². The van der Waals surface area contributed by atoms with Gasteiger partial charge in [-0.25, -0.2) is 0 Å². The van der Waals surface area contributed by atoms with Crippen molar-refractivity contribution in [2.24, 2.45) is 5.92 Å². The summed E-state index contributed by atoms with van der Waals surface area (Å²) in [5.41, 5.74) is 8.98. The summed E-state index contributed by atoms with van der Waals surface area (Å²) in [4.78, 5) is 52.4. The Labute approximate surface area is 263 Å². The predicted octanol–water partition coefficient (Wildman–Crippen LogP) is 4.33. The van der Waals surface area contributed by atoms with E-state index in [0.717, 1.165) is 61.0 Å². The molecule has 3 aliphatic heterocycles. The monoisotopic (exact) mass is 624 g/mol. The lowest BCUT2D eigenvalue weighted by molar-refractivity contribution is -0.138. The summed E-state index contributed by atoms with van der Waals surface area (Å²) in [5, 5.41) is 28.7. The van der Waals surface area contributed by atoms with E-state index in [2.05, 4.69) is 33.6 Å². The fraction of sp³-hybridized carbons (Fsp3) is 0.515. The quantitative estimate of drug-likeness (QED) is 0.170. The van der Waals surface area contributed by atoms with Crippen molar-refractivity contribution in [1.82, 2.24) is 20.9 Å². The number of hydrogen-bond acceptors (Lipinski definition) is 6. The maximum atomic E-state index is 12.5. The summed E-state index contributed by atoms with van der Waals surface area (Å²) >= 11 is 4.55.